The number of rotatable bonds is 6. The smallest absolute Gasteiger partial charge is 0.315 e. The number of aliphatic hydroxyl groups is 1. The largest absolute Gasteiger partial charge is 0.396 e. The molecule has 3 rings (SSSR count). The Bertz CT molecular complexity index is 576. The second-order valence-electron chi connectivity index (χ2n) is 7.13. The predicted molar refractivity (Wildman–Crippen MR) is 99.1 cm³/mol. The van der Waals surface area contributed by atoms with Crippen LogP contribution in [0.3, 0.4) is 0 Å². The van der Waals surface area contributed by atoms with E-state index in [0.717, 1.165) is 25.9 Å². The Kier molecular flexibility index (Phi) is 6.48. The van der Waals surface area contributed by atoms with Crippen molar-refractivity contribution in [2.45, 2.75) is 44.3 Å². The van der Waals surface area contributed by atoms with E-state index >= 15 is 0 Å². The van der Waals surface area contributed by atoms with Gasteiger partial charge in [-0.3, -0.25) is 4.90 Å². The highest BCUT2D eigenvalue weighted by molar-refractivity contribution is 5.74. The van der Waals surface area contributed by atoms with Gasteiger partial charge in [0, 0.05) is 37.7 Å². The Hall–Kier alpha value is -1.85. The van der Waals surface area contributed by atoms with Gasteiger partial charge in [-0.05, 0) is 31.4 Å². The van der Waals surface area contributed by atoms with Crippen molar-refractivity contribution in [2.24, 2.45) is 5.92 Å². The molecule has 0 radical (unpaired) electrons. The maximum atomic E-state index is 12.2. The molecule has 0 spiro atoms. The minimum atomic E-state index is -0.113. The molecule has 1 aromatic carbocycles. The van der Waals surface area contributed by atoms with Crippen LogP contribution >= 0.6 is 0 Å². The number of hydrogen-bond donors (Lipinski definition) is 3. The van der Waals surface area contributed by atoms with Crippen molar-refractivity contribution in [3.05, 3.63) is 48.0 Å². The number of likely N-dealkylation sites (tertiary alicyclic amines) is 1. The quantitative estimate of drug-likeness (QED) is 0.694. The molecule has 1 aromatic rings. The lowest BCUT2D eigenvalue weighted by Gasteiger charge is -2.36. The molecule has 3 N–H and O–H groups in total. The summed E-state index contributed by atoms with van der Waals surface area (Å²) in [6.07, 6.45) is 8.32. The van der Waals surface area contributed by atoms with Crippen molar-refractivity contribution < 1.29 is 9.90 Å². The minimum absolute atomic E-state index is 0.0314. The van der Waals surface area contributed by atoms with E-state index in [2.05, 4.69) is 39.8 Å². The molecular formula is C20H29N3O2. The first kappa shape index (κ1) is 18.0. The fraction of sp³-hybridized carbons (Fsp3) is 0.550. The Balaban J connectivity index is 1.45. The van der Waals surface area contributed by atoms with E-state index < -0.39 is 0 Å². The zero-order chi connectivity index (χ0) is 17.5. The fourth-order valence-electron chi connectivity index (χ4n) is 3.76. The molecule has 1 heterocycles. The molecular weight excluding hydrogens is 314 g/mol. The van der Waals surface area contributed by atoms with Crippen LogP contribution in [0.5, 0.6) is 0 Å². The maximum absolute atomic E-state index is 12.2. The number of carbonyl (C=O) groups is 1. The van der Waals surface area contributed by atoms with Crippen molar-refractivity contribution in [2.75, 3.05) is 19.7 Å². The number of benzene rings is 1. The number of urea groups is 1. The van der Waals surface area contributed by atoms with Gasteiger partial charge in [0.05, 0.1) is 0 Å². The highest BCUT2D eigenvalue weighted by atomic mass is 16.3. The van der Waals surface area contributed by atoms with Gasteiger partial charge in [0.1, 0.15) is 0 Å². The van der Waals surface area contributed by atoms with Crippen molar-refractivity contribution >= 4 is 6.03 Å². The van der Waals surface area contributed by atoms with Gasteiger partial charge in [0.25, 0.3) is 0 Å². The van der Waals surface area contributed by atoms with Crippen LogP contribution in [0.2, 0.25) is 0 Å². The van der Waals surface area contributed by atoms with Gasteiger partial charge in [0.15, 0.2) is 0 Å². The average Bonchev–Trinajstić information content (AvgIpc) is 3.09. The van der Waals surface area contributed by atoms with E-state index in [0.29, 0.717) is 12.6 Å². The Morgan fingerprint density at radius 3 is 2.80 bits per heavy atom. The van der Waals surface area contributed by atoms with Gasteiger partial charge >= 0.3 is 6.03 Å². The monoisotopic (exact) mass is 343 g/mol. The number of amides is 2. The van der Waals surface area contributed by atoms with Crippen LogP contribution in [0.4, 0.5) is 4.79 Å². The molecule has 25 heavy (non-hydrogen) atoms. The first-order valence-electron chi connectivity index (χ1n) is 9.36. The first-order valence-corrected chi connectivity index (χ1v) is 9.36. The SMILES string of the molecule is O=C(NC[C@H]1CCCCN1Cc1ccccc1)N[C@@H]1C=C[C@H](CO)C1. The van der Waals surface area contributed by atoms with E-state index in [1.165, 1.54) is 18.4 Å². The second-order valence-corrected chi connectivity index (χ2v) is 7.13. The lowest BCUT2D eigenvalue weighted by molar-refractivity contribution is 0.138. The fourth-order valence-corrected chi connectivity index (χ4v) is 3.76. The third-order valence-corrected chi connectivity index (χ3v) is 5.20. The number of nitrogens with zero attached hydrogens (tertiary/aromatic N) is 1. The number of aliphatic hydroxyl groups excluding tert-OH is 1. The summed E-state index contributed by atoms with van der Waals surface area (Å²) in [5.41, 5.74) is 1.32. The Labute approximate surface area is 150 Å². The van der Waals surface area contributed by atoms with Crippen LogP contribution in [0, 0.1) is 5.92 Å². The highest BCUT2D eigenvalue weighted by Gasteiger charge is 2.24. The standard InChI is InChI=1S/C20H29N3O2/c24-15-17-9-10-18(12-17)22-20(25)21-13-19-8-4-5-11-23(19)14-16-6-2-1-3-7-16/h1-3,6-7,9-10,17-19,24H,4-5,8,11-15H2,(H2,21,22,25)/t17-,18+,19+/m0/s1. The minimum Gasteiger partial charge on any atom is -0.396 e. The van der Waals surface area contributed by atoms with E-state index in [1.54, 1.807) is 0 Å². The summed E-state index contributed by atoms with van der Waals surface area (Å²) in [5, 5.41) is 15.2. The predicted octanol–water partition coefficient (Wildman–Crippen LogP) is 2.28. The first-order chi connectivity index (χ1) is 12.2. The molecule has 0 bridgehead atoms. The zero-order valence-corrected chi connectivity index (χ0v) is 14.7. The number of nitrogens with one attached hydrogen (secondary N) is 2. The molecule has 1 aliphatic heterocycles. The van der Waals surface area contributed by atoms with Crippen molar-refractivity contribution in [1.82, 2.24) is 15.5 Å². The average molecular weight is 343 g/mol. The molecule has 136 valence electrons. The summed E-state index contributed by atoms with van der Waals surface area (Å²) in [4.78, 5) is 14.6. The van der Waals surface area contributed by atoms with Gasteiger partial charge in [-0.2, -0.15) is 0 Å². The zero-order valence-electron chi connectivity index (χ0n) is 14.7. The summed E-state index contributed by atoms with van der Waals surface area (Å²) >= 11 is 0. The normalized spacial score (nSPS) is 26.5. The van der Waals surface area contributed by atoms with Crippen molar-refractivity contribution in [3.8, 4) is 0 Å². The van der Waals surface area contributed by atoms with E-state index in [4.69, 9.17) is 5.11 Å². The Morgan fingerprint density at radius 1 is 1.20 bits per heavy atom. The summed E-state index contributed by atoms with van der Waals surface area (Å²) in [6.45, 7) is 2.86. The van der Waals surface area contributed by atoms with Gasteiger partial charge in [-0.25, -0.2) is 4.79 Å². The summed E-state index contributed by atoms with van der Waals surface area (Å²) < 4.78 is 0. The van der Waals surface area contributed by atoms with E-state index in [-0.39, 0.29) is 24.6 Å². The van der Waals surface area contributed by atoms with Crippen molar-refractivity contribution in [3.63, 3.8) is 0 Å². The van der Waals surface area contributed by atoms with Crippen LogP contribution < -0.4 is 10.6 Å². The third kappa shape index (κ3) is 5.31. The summed E-state index contributed by atoms with van der Waals surface area (Å²) in [5.74, 6) is 0.171. The highest BCUT2D eigenvalue weighted by Crippen LogP contribution is 2.19. The molecule has 3 atom stereocenters. The Morgan fingerprint density at radius 2 is 2.04 bits per heavy atom. The van der Waals surface area contributed by atoms with Crippen LogP contribution in [-0.2, 0) is 6.54 Å². The van der Waals surface area contributed by atoms with E-state index in [9.17, 15) is 4.79 Å². The maximum Gasteiger partial charge on any atom is 0.315 e. The molecule has 1 saturated heterocycles. The molecule has 1 fully saturated rings. The second kappa shape index (κ2) is 9.02. The van der Waals surface area contributed by atoms with Crippen molar-refractivity contribution in [1.29, 1.82) is 0 Å². The number of piperidine rings is 1. The van der Waals surface area contributed by atoms with E-state index in [1.807, 2.05) is 18.2 Å². The van der Waals surface area contributed by atoms with Gasteiger partial charge in [-0.15, -0.1) is 0 Å². The number of carbonyl (C=O) groups excluding carboxylic acids is 1. The molecule has 5 heteroatoms. The van der Waals surface area contributed by atoms with Gasteiger partial charge in [-0.1, -0.05) is 48.9 Å². The van der Waals surface area contributed by atoms with Gasteiger partial charge in [0.2, 0.25) is 0 Å². The molecule has 0 saturated carbocycles. The van der Waals surface area contributed by atoms with Gasteiger partial charge < -0.3 is 15.7 Å². The third-order valence-electron chi connectivity index (χ3n) is 5.20. The molecule has 5 nitrogen and oxygen atoms in total. The molecule has 2 aliphatic rings. The summed E-state index contributed by atoms with van der Waals surface area (Å²) in [7, 11) is 0. The van der Waals surface area contributed by atoms with Crippen LogP contribution in [-0.4, -0.2) is 47.8 Å². The van der Waals surface area contributed by atoms with Crippen LogP contribution in [0.25, 0.3) is 0 Å². The van der Waals surface area contributed by atoms with Crippen LogP contribution in [0.15, 0.2) is 42.5 Å². The lowest BCUT2D eigenvalue weighted by atomic mass is 10.0. The molecule has 0 unspecified atom stereocenters. The van der Waals surface area contributed by atoms with Crippen LogP contribution in [0.1, 0.15) is 31.2 Å². The molecule has 2 amide bonds. The summed E-state index contributed by atoms with van der Waals surface area (Å²) in [6, 6.07) is 10.8. The molecule has 0 aromatic heterocycles. The molecule has 1 aliphatic carbocycles. The number of hydrogen-bond acceptors (Lipinski definition) is 3. The lowest BCUT2D eigenvalue weighted by Crippen LogP contribution is -2.49. The topological polar surface area (TPSA) is 64.6 Å².